The lowest BCUT2D eigenvalue weighted by atomic mass is 10.0. The van der Waals surface area contributed by atoms with Crippen LogP contribution in [0.5, 0.6) is 23.0 Å². The Kier molecular flexibility index (Phi) is 5.64. The Morgan fingerprint density at radius 2 is 1.78 bits per heavy atom. The van der Waals surface area contributed by atoms with Gasteiger partial charge in [-0.1, -0.05) is 12.1 Å². The first-order chi connectivity index (χ1) is 15.4. The van der Waals surface area contributed by atoms with Crippen LogP contribution in [0.2, 0.25) is 0 Å². The summed E-state index contributed by atoms with van der Waals surface area (Å²) >= 11 is 0. The van der Waals surface area contributed by atoms with Crippen molar-refractivity contribution in [1.29, 1.82) is 0 Å². The molecule has 0 bridgehead atoms. The summed E-state index contributed by atoms with van der Waals surface area (Å²) in [6.07, 6.45) is 1.47. The molecule has 0 unspecified atom stereocenters. The first kappa shape index (κ1) is 21.1. The molecule has 1 heterocycles. The Hall–Kier alpha value is -4.13. The van der Waals surface area contributed by atoms with Gasteiger partial charge in [0.15, 0.2) is 17.3 Å². The predicted octanol–water partition coefficient (Wildman–Crippen LogP) is 4.99. The molecule has 7 heteroatoms. The number of allylic oxidation sites excluding steroid dienone is 1. The molecule has 0 radical (unpaired) electrons. The van der Waals surface area contributed by atoms with Crippen LogP contribution in [0.3, 0.4) is 0 Å². The fraction of sp³-hybridized carbons (Fsp3) is 0.120. The third-order valence-corrected chi connectivity index (χ3v) is 4.92. The standard InChI is InChI=1S/C25H19FO6/c1-14-9-18(31-25(28)16-7-8-19(29-2)20(12-16)30-3)13-21-23(14)24(27)22(32-21)11-15-5-4-6-17(26)10-15/h4-13H,1-3H3/b22-11-. The summed E-state index contributed by atoms with van der Waals surface area (Å²) in [4.78, 5) is 25.4. The molecule has 0 amide bonds. The molecule has 1 aliphatic rings. The summed E-state index contributed by atoms with van der Waals surface area (Å²) in [5.41, 5.74) is 1.73. The van der Waals surface area contributed by atoms with Crippen molar-refractivity contribution in [3.05, 3.63) is 88.4 Å². The summed E-state index contributed by atoms with van der Waals surface area (Å²) < 4.78 is 35.0. The molecule has 0 saturated heterocycles. The van der Waals surface area contributed by atoms with E-state index in [1.807, 2.05) is 0 Å². The minimum Gasteiger partial charge on any atom is -0.493 e. The molecule has 0 spiro atoms. The van der Waals surface area contributed by atoms with Crippen molar-refractivity contribution in [2.75, 3.05) is 14.2 Å². The van der Waals surface area contributed by atoms with Crippen LogP contribution in [0.15, 0.2) is 60.4 Å². The third kappa shape index (κ3) is 4.05. The lowest BCUT2D eigenvalue weighted by molar-refractivity contribution is 0.0734. The lowest BCUT2D eigenvalue weighted by Crippen LogP contribution is -2.09. The maximum Gasteiger partial charge on any atom is 0.343 e. The number of ether oxygens (including phenoxy) is 4. The van der Waals surface area contributed by atoms with Crippen LogP contribution in [0.4, 0.5) is 4.39 Å². The zero-order chi connectivity index (χ0) is 22.8. The fourth-order valence-electron chi connectivity index (χ4n) is 3.41. The number of Topliss-reactive ketones (excluding diaryl/α,β-unsaturated/α-hetero) is 1. The van der Waals surface area contributed by atoms with Crippen molar-refractivity contribution in [3.8, 4) is 23.0 Å². The Morgan fingerprint density at radius 3 is 2.50 bits per heavy atom. The zero-order valence-corrected chi connectivity index (χ0v) is 17.6. The van der Waals surface area contributed by atoms with Gasteiger partial charge in [0.25, 0.3) is 0 Å². The Balaban J connectivity index is 1.59. The van der Waals surface area contributed by atoms with Gasteiger partial charge in [0, 0.05) is 6.07 Å². The van der Waals surface area contributed by atoms with Crippen molar-refractivity contribution < 1.29 is 32.9 Å². The SMILES string of the molecule is COc1ccc(C(=O)Oc2cc(C)c3c(c2)O/C(=C\c2cccc(F)c2)C3=O)cc1OC. The molecular weight excluding hydrogens is 415 g/mol. The number of esters is 1. The maximum atomic E-state index is 13.5. The third-order valence-electron chi connectivity index (χ3n) is 4.92. The molecule has 162 valence electrons. The molecule has 0 atom stereocenters. The van der Waals surface area contributed by atoms with Gasteiger partial charge in [-0.15, -0.1) is 0 Å². The number of benzene rings is 3. The van der Waals surface area contributed by atoms with E-state index in [0.29, 0.717) is 28.2 Å². The van der Waals surface area contributed by atoms with Gasteiger partial charge >= 0.3 is 5.97 Å². The van der Waals surface area contributed by atoms with E-state index in [0.717, 1.165) is 0 Å². The van der Waals surface area contributed by atoms with E-state index >= 15 is 0 Å². The molecule has 0 saturated carbocycles. The molecule has 6 nitrogen and oxygen atoms in total. The second-order valence-corrected chi connectivity index (χ2v) is 7.07. The van der Waals surface area contributed by atoms with Crippen LogP contribution in [-0.2, 0) is 0 Å². The van der Waals surface area contributed by atoms with Crippen LogP contribution < -0.4 is 18.9 Å². The van der Waals surface area contributed by atoms with Crippen LogP contribution in [0, 0.1) is 12.7 Å². The minimum absolute atomic E-state index is 0.0667. The molecule has 3 aromatic rings. The molecule has 3 aromatic carbocycles. The molecule has 0 N–H and O–H groups in total. The second kappa shape index (κ2) is 8.55. The van der Waals surface area contributed by atoms with E-state index in [1.165, 1.54) is 44.6 Å². The number of aryl methyl sites for hydroxylation is 1. The number of carbonyl (C=O) groups is 2. The zero-order valence-electron chi connectivity index (χ0n) is 17.6. The Morgan fingerprint density at radius 1 is 1.00 bits per heavy atom. The highest BCUT2D eigenvalue weighted by Gasteiger charge is 2.30. The monoisotopic (exact) mass is 434 g/mol. The molecule has 4 rings (SSSR count). The van der Waals surface area contributed by atoms with Gasteiger partial charge in [0.2, 0.25) is 5.78 Å². The van der Waals surface area contributed by atoms with Gasteiger partial charge in [-0.05, 0) is 60.5 Å². The van der Waals surface area contributed by atoms with Crippen molar-refractivity contribution >= 4 is 17.8 Å². The normalized spacial score (nSPS) is 13.5. The van der Waals surface area contributed by atoms with Crippen LogP contribution in [0.1, 0.15) is 31.8 Å². The van der Waals surface area contributed by atoms with Gasteiger partial charge in [0.1, 0.15) is 17.3 Å². The summed E-state index contributed by atoms with van der Waals surface area (Å²) in [5, 5.41) is 0. The predicted molar refractivity (Wildman–Crippen MR) is 115 cm³/mol. The topological polar surface area (TPSA) is 71.1 Å². The average molecular weight is 434 g/mol. The van der Waals surface area contributed by atoms with Crippen molar-refractivity contribution in [2.24, 2.45) is 0 Å². The summed E-state index contributed by atoms with van der Waals surface area (Å²) in [6.45, 7) is 1.72. The van der Waals surface area contributed by atoms with E-state index in [4.69, 9.17) is 18.9 Å². The molecule has 0 fully saturated rings. The van der Waals surface area contributed by atoms with Crippen molar-refractivity contribution in [2.45, 2.75) is 6.92 Å². The molecule has 0 aromatic heterocycles. The van der Waals surface area contributed by atoms with E-state index < -0.39 is 11.8 Å². The number of rotatable bonds is 5. The maximum absolute atomic E-state index is 13.5. The van der Waals surface area contributed by atoms with Gasteiger partial charge in [-0.2, -0.15) is 0 Å². The molecular formula is C25H19FO6. The number of carbonyl (C=O) groups excluding carboxylic acids is 2. The Bertz CT molecular complexity index is 1260. The van der Waals surface area contributed by atoms with E-state index in [9.17, 15) is 14.0 Å². The Labute approximate surface area is 183 Å². The quantitative estimate of drug-likeness (QED) is 0.320. The van der Waals surface area contributed by atoms with Crippen molar-refractivity contribution in [3.63, 3.8) is 0 Å². The summed E-state index contributed by atoms with van der Waals surface area (Å²) in [6, 6.07) is 13.6. The van der Waals surface area contributed by atoms with E-state index in [-0.39, 0.29) is 28.6 Å². The average Bonchev–Trinajstić information content (AvgIpc) is 3.08. The number of hydrogen-bond acceptors (Lipinski definition) is 6. The number of halogens is 1. The largest absolute Gasteiger partial charge is 0.493 e. The lowest BCUT2D eigenvalue weighted by Gasteiger charge is -2.10. The molecule has 32 heavy (non-hydrogen) atoms. The number of fused-ring (bicyclic) bond motifs is 1. The van der Waals surface area contributed by atoms with Crippen molar-refractivity contribution in [1.82, 2.24) is 0 Å². The highest BCUT2D eigenvalue weighted by Crippen LogP contribution is 2.38. The minimum atomic E-state index is -0.606. The first-order valence-corrected chi connectivity index (χ1v) is 9.68. The number of methoxy groups -OCH3 is 2. The molecule has 1 aliphatic heterocycles. The second-order valence-electron chi connectivity index (χ2n) is 7.07. The number of ketones is 1. The van der Waals surface area contributed by atoms with E-state index in [2.05, 4.69) is 0 Å². The van der Waals surface area contributed by atoms with Gasteiger partial charge in [-0.25, -0.2) is 9.18 Å². The summed E-state index contributed by atoms with van der Waals surface area (Å²) in [5.74, 6) is 0.105. The highest BCUT2D eigenvalue weighted by atomic mass is 19.1. The van der Waals surface area contributed by atoms with Crippen LogP contribution in [0.25, 0.3) is 6.08 Å². The number of hydrogen-bond donors (Lipinski definition) is 0. The van der Waals surface area contributed by atoms with Gasteiger partial charge in [0.05, 0.1) is 25.3 Å². The summed E-state index contributed by atoms with van der Waals surface area (Å²) in [7, 11) is 2.97. The van der Waals surface area contributed by atoms with Gasteiger partial charge < -0.3 is 18.9 Å². The smallest absolute Gasteiger partial charge is 0.343 e. The first-order valence-electron chi connectivity index (χ1n) is 9.68. The van der Waals surface area contributed by atoms with Gasteiger partial charge in [-0.3, -0.25) is 4.79 Å². The fourth-order valence-corrected chi connectivity index (χ4v) is 3.41. The highest BCUT2D eigenvalue weighted by molar-refractivity contribution is 6.15. The van der Waals surface area contributed by atoms with Crippen LogP contribution in [-0.4, -0.2) is 26.0 Å². The van der Waals surface area contributed by atoms with Crippen LogP contribution >= 0.6 is 0 Å². The molecule has 0 aliphatic carbocycles. The van der Waals surface area contributed by atoms with E-state index in [1.54, 1.807) is 37.3 Å².